The molecule has 1 aromatic heterocycles. The van der Waals surface area contributed by atoms with E-state index in [0.29, 0.717) is 0 Å². The second-order valence-electron chi connectivity index (χ2n) is 7.78. The molecule has 4 rings (SSSR count). The second-order valence-corrected chi connectivity index (χ2v) is 7.78. The summed E-state index contributed by atoms with van der Waals surface area (Å²) >= 11 is 0. The van der Waals surface area contributed by atoms with Crippen LogP contribution in [0.15, 0.2) is 42.5 Å². The van der Waals surface area contributed by atoms with Gasteiger partial charge in [-0.25, -0.2) is 0 Å². The number of aromatic nitrogens is 1. The third-order valence-corrected chi connectivity index (χ3v) is 5.88. The molecule has 0 spiro atoms. The number of nitrogens with zero attached hydrogens (tertiary/aromatic N) is 3. The van der Waals surface area contributed by atoms with E-state index in [1.165, 1.54) is 16.8 Å². The molecule has 28 heavy (non-hydrogen) atoms. The highest BCUT2D eigenvalue weighted by Crippen LogP contribution is 2.26. The lowest BCUT2D eigenvalue weighted by Crippen LogP contribution is -2.49. The van der Waals surface area contributed by atoms with Crippen molar-refractivity contribution >= 4 is 22.5 Å². The van der Waals surface area contributed by atoms with Gasteiger partial charge in [0.2, 0.25) is 0 Å². The van der Waals surface area contributed by atoms with Crippen molar-refractivity contribution < 1.29 is 4.79 Å². The van der Waals surface area contributed by atoms with Crippen LogP contribution in [0.25, 0.3) is 10.9 Å². The molecule has 2 heterocycles. The van der Waals surface area contributed by atoms with Crippen LogP contribution >= 0.6 is 0 Å². The van der Waals surface area contributed by atoms with Crippen LogP contribution in [0.3, 0.4) is 0 Å². The summed E-state index contributed by atoms with van der Waals surface area (Å²) in [6.07, 6.45) is 0. The van der Waals surface area contributed by atoms with Gasteiger partial charge in [-0.2, -0.15) is 0 Å². The highest BCUT2D eigenvalue weighted by atomic mass is 16.2. The topological polar surface area (TPSA) is 36.4 Å². The molecule has 1 amide bonds. The molecule has 0 aliphatic carbocycles. The number of piperazine rings is 1. The van der Waals surface area contributed by atoms with Gasteiger partial charge in [-0.1, -0.05) is 30.3 Å². The zero-order chi connectivity index (χ0) is 19.8. The number of fused-ring (bicyclic) bond motifs is 1. The first-order valence-corrected chi connectivity index (χ1v) is 9.93. The van der Waals surface area contributed by atoms with E-state index in [-0.39, 0.29) is 5.91 Å². The average Bonchev–Trinajstić information content (AvgIpc) is 2.70. The molecule has 1 saturated heterocycles. The van der Waals surface area contributed by atoms with Gasteiger partial charge in [0.05, 0.1) is 11.1 Å². The molecule has 0 N–H and O–H groups in total. The molecule has 4 nitrogen and oxygen atoms in total. The number of para-hydroxylation sites is 1. The van der Waals surface area contributed by atoms with Crippen molar-refractivity contribution in [1.82, 2.24) is 9.88 Å². The van der Waals surface area contributed by atoms with Crippen LogP contribution in [0.5, 0.6) is 0 Å². The van der Waals surface area contributed by atoms with Crippen molar-refractivity contribution in [2.24, 2.45) is 0 Å². The minimum Gasteiger partial charge on any atom is -0.368 e. The summed E-state index contributed by atoms with van der Waals surface area (Å²) < 4.78 is 0. The molecular weight excluding hydrogens is 346 g/mol. The van der Waals surface area contributed by atoms with E-state index in [0.717, 1.165) is 53.9 Å². The minimum atomic E-state index is 0.113. The predicted octanol–water partition coefficient (Wildman–Crippen LogP) is 4.43. The van der Waals surface area contributed by atoms with Crippen LogP contribution in [0.1, 0.15) is 32.7 Å². The largest absolute Gasteiger partial charge is 0.368 e. The monoisotopic (exact) mass is 373 g/mol. The summed E-state index contributed by atoms with van der Waals surface area (Å²) in [4.78, 5) is 22.4. The number of rotatable bonds is 2. The van der Waals surface area contributed by atoms with Gasteiger partial charge < -0.3 is 9.80 Å². The lowest BCUT2D eigenvalue weighted by molar-refractivity contribution is 0.0748. The molecular formula is C24H27N3O. The summed E-state index contributed by atoms with van der Waals surface area (Å²) in [7, 11) is 0. The van der Waals surface area contributed by atoms with Crippen LogP contribution in [0.2, 0.25) is 0 Å². The number of benzene rings is 2. The molecule has 144 valence electrons. The molecule has 0 saturated carbocycles. The Hall–Kier alpha value is -2.88. The third-order valence-electron chi connectivity index (χ3n) is 5.88. The zero-order valence-corrected chi connectivity index (χ0v) is 17.1. The molecule has 0 bridgehead atoms. The molecule has 0 atom stereocenters. The van der Waals surface area contributed by atoms with Crippen molar-refractivity contribution in [3.05, 3.63) is 70.4 Å². The molecule has 0 radical (unpaired) electrons. The van der Waals surface area contributed by atoms with Gasteiger partial charge in [0.25, 0.3) is 5.91 Å². The maximum absolute atomic E-state index is 13.3. The number of hydrogen-bond donors (Lipinski definition) is 0. The van der Waals surface area contributed by atoms with Gasteiger partial charge in [-0.3, -0.25) is 9.78 Å². The Kier molecular flexibility index (Phi) is 4.80. The van der Waals surface area contributed by atoms with Crippen LogP contribution in [-0.2, 0) is 0 Å². The number of pyridine rings is 1. The Bertz CT molecular complexity index is 1050. The van der Waals surface area contributed by atoms with Crippen molar-refractivity contribution in [3.63, 3.8) is 0 Å². The number of amides is 1. The number of aryl methyl sites for hydroxylation is 3. The van der Waals surface area contributed by atoms with Crippen LogP contribution in [0.4, 0.5) is 5.69 Å². The minimum absolute atomic E-state index is 0.113. The molecule has 1 fully saturated rings. The molecule has 4 heteroatoms. The number of hydrogen-bond acceptors (Lipinski definition) is 3. The van der Waals surface area contributed by atoms with Gasteiger partial charge in [-0.05, 0) is 56.5 Å². The quantitative estimate of drug-likeness (QED) is 0.667. The maximum Gasteiger partial charge on any atom is 0.254 e. The first-order valence-electron chi connectivity index (χ1n) is 9.93. The normalized spacial score (nSPS) is 14.6. The van der Waals surface area contributed by atoms with E-state index in [2.05, 4.69) is 41.9 Å². The molecule has 2 aromatic carbocycles. The van der Waals surface area contributed by atoms with Gasteiger partial charge >= 0.3 is 0 Å². The fourth-order valence-electron chi connectivity index (χ4n) is 4.10. The Morgan fingerprint density at radius 1 is 0.893 bits per heavy atom. The van der Waals surface area contributed by atoms with Gasteiger partial charge in [0.15, 0.2) is 0 Å². The molecule has 0 unspecified atom stereocenters. The standard InChI is InChI=1S/C24H27N3O/c1-16-7-6-10-22(19(16)4)26-11-13-27(14-12-26)24(28)21-15-18(3)25-23-17(2)8-5-9-20(21)23/h5-10,15H,11-14H2,1-4H3. The van der Waals surface area contributed by atoms with E-state index in [1.54, 1.807) is 0 Å². The Morgan fingerprint density at radius 2 is 1.57 bits per heavy atom. The number of anilines is 1. The fraction of sp³-hybridized carbons (Fsp3) is 0.333. The SMILES string of the molecule is Cc1cc(C(=O)N2CCN(c3cccc(C)c3C)CC2)c2cccc(C)c2n1. The summed E-state index contributed by atoms with van der Waals surface area (Å²) in [6.45, 7) is 11.5. The summed E-state index contributed by atoms with van der Waals surface area (Å²) in [5.74, 6) is 0.113. The first kappa shape index (κ1) is 18.5. The third kappa shape index (κ3) is 3.24. The lowest BCUT2D eigenvalue weighted by Gasteiger charge is -2.37. The van der Waals surface area contributed by atoms with Crippen LogP contribution in [-0.4, -0.2) is 42.0 Å². The Labute approximate surface area is 166 Å². The smallest absolute Gasteiger partial charge is 0.254 e. The average molecular weight is 374 g/mol. The van der Waals surface area contributed by atoms with Crippen LogP contribution in [0, 0.1) is 27.7 Å². The lowest BCUT2D eigenvalue weighted by atomic mass is 10.0. The summed E-state index contributed by atoms with van der Waals surface area (Å²) in [6, 6.07) is 14.4. The Balaban J connectivity index is 1.57. The van der Waals surface area contributed by atoms with Gasteiger partial charge in [0, 0.05) is 42.9 Å². The van der Waals surface area contributed by atoms with E-state index < -0.39 is 0 Å². The first-order chi connectivity index (χ1) is 13.5. The maximum atomic E-state index is 13.3. The Morgan fingerprint density at radius 3 is 2.32 bits per heavy atom. The van der Waals surface area contributed by atoms with Gasteiger partial charge in [0.1, 0.15) is 0 Å². The van der Waals surface area contributed by atoms with Crippen LogP contribution < -0.4 is 4.90 Å². The fourth-order valence-corrected chi connectivity index (χ4v) is 4.10. The molecule has 1 aliphatic heterocycles. The van der Waals surface area contributed by atoms with E-state index in [4.69, 9.17) is 0 Å². The predicted molar refractivity (Wildman–Crippen MR) is 115 cm³/mol. The van der Waals surface area contributed by atoms with Crippen molar-refractivity contribution in [3.8, 4) is 0 Å². The van der Waals surface area contributed by atoms with E-state index in [9.17, 15) is 4.79 Å². The molecule has 1 aliphatic rings. The summed E-state index contributed by atoms with van der Waals surface area (Å²) in [5, 5.41) is 0.951. The second kappa shape index (κ2) is 7.27. The molecule has 3 aromatic rings. The van der Waals surface area contributed by atoms with Crippen molar-refractivity contribution in [2.75, 3.05) is 31.1 Å². The number of carbonyl (C=O) groups is 1. The summed E-state index contributed by atoms with van der Waals surface area (Å²) in [5.41, 5.74) is 7.62. The van der Waals surface area contributed by atoms with E-state index >= 15 is 0 Å². The van der Waals surface area contributed by atoms with Crippen molar-refractivity contribution in [2.45, 2.75) is 27.7 Å². The van der Waals surface area contributed by atoms with Gasteiger partial charge in [-0.15, -0.1) is 0 Å². The zero-order valence-electron chi connectivity index (χ0n) is 17.1. The highest BCUT2D eigenvalue weighted by molar-refractivity contribution is 6.06. The number of carbonyl (C=O) groups excluding carboxylic acids is 1. The highest BCUT2D eigenvalue weighted by Gasteiger charge is 2.25. The van der Waals surface area contributed by atoms with E-state index in [1.807, 2.05) is 43.0 Å². The van der Waals surface area contributed by atoms with Crippen molar-refractivity contribution in [1.29, 1.82) is 0 Å².